The summed E-state index contributed by atoms with van der Waals surface area (Å²) in [4.78, 5) is 11.6. The second kappa shape index (κ2) is 12.5. The lowest BCUT2D eigenvalue weighted by atomic mass is 9.88. The van der Waals surface area contributed by atoms with Gasteiger partial charge in [0.2, 0.25) is 0 Å². The topological polar surface area (TPSA) is 47.6 Å². The van der Waals surface area contributed by atoms with Gasteiger partial charge in [0.15, 0.2) is 0 Å². The molecule has 0 aliphatic carbocycles. The van der Waals surface area contributed by atoms with E-state index in [4.69, 9.17) is 9.47 Å². The van der Waals surface area contributed by atoms with Crippen LogP contribution in [-0.4, -0.2) is 19.6 Å². The summed E-state index contributed by atoms with van der Waals surface area (Å²) in [7, 11) is 1.39. The molecule has 0 radical (unpaired) electrons. The van der Waals surface area contributed by atoms with E-state index in [1.807, 2.05) is 30.3 Å². The molecule has 0 spiro atoms. The molecule has 0 aliphatic heterocycles. The molecule has 0 unspecified atom stereocenters. The van der Waals surface area contributed by atoms with Crippen LogP contribution in [0.4, 0.5) is 0 Å². The first-order valence-electron chi connectivity index (χ1n) is 12.0. The number of hydrogen-bond donors (Lipinski definition) is 1. The van der Waals surface area contributed by atoms with Gasteiger partial charge < -0.3 is 14.8 Å². The van der Waals surface area contributed by atoms with Crippen LogP contribution in [0.3, 0.4) is 0 Å². The molecule has 180 valence electrons. The van der Waals surface area contributed by atoms with Crippen molar-refractivity contribution in [3.8, 4) is 0 Å². The Hall–Kier alpha value is -2.95. The fourth-order valence-electron chi connectivity index (χ4n) is 3.68. The summed E-state index contributed by atoms with van der Waals surface area (Å²) in [5.74, 6) is -0.320. The third-order valence-electron chi connectivity index (χ3n) is 5.84. The van der Waals surface area contributed by atoms with Crippen LogP contribution in [0.15, 0.2) is 78.9 Å². The number of nitrogens with one attached hydrogen (secondary N) is 1. The van der Waals surface area contributed by atoms with Gasteiger partial charge in [-0.25, -0.2) is 4.79 Å². The van der Waals surface area contributed by atoms with Gasteiger partial charge in [-0.3, -0.25) is 0 Å². The first kappa shape index (κ1) is 25.7. The lowest BCUT2D eigenvalue weighted by molar-refractivity contribution is 0.0396. The van der Waals surface area contributed by atoms with Gasteiger partial charge in [0.05, 0.1) is 25.4 Å². The predicted octanol–water partition coefficient (Wildman–Crippen LogP) is 6.50. The molecular weight excluding hydrogens is 422 g/mol. The molecule has 4 heteroatoms. The average Bonchev–Trinajstić information content (AvgIpc) is 2.85. The van der Waals surface area contributed by atoms with Crippen molar-refractivity contribution < 1.29 is 14.3 Å². The Labute approximate surface area is 204 Å². The van der Waals surface area contributed by atoms with E-state index in [1.54, 1.807) is 12.1 Å². The molecule has 0 aromatic heterocycles. The third kappa shape index (κ3) is 8.44. The standard InChI is InChI=1S/C30H37NO3/c1-30(2,3)19-18-23-10-12-25(13-11-23)22-34-28(26-8-6-5-7-9-26)21-31-20-24-14-16-27(17-15-24)29(32)33-4/h5-17,28,31H,18-22H2,1-4H3/t28-/m0/s1. The Balaban J connectivity index is 1.55. The summed E-state index contributed by atoms with van der Waals surface area (Å²) in [6.07, 6.45) is 2.22. The Kier molecular flexibility index (Phi) is 9.43. The maximum atomic E-state index is 11.6. The molecule has 0 heterocycles. The van der Waals surface area contributed by atoms with Crippen LogP contribution in [0.25, 0.3) is 0 Å². The maximum absolute atomic E-state index is 11.6. The third-order valence-corrected chi connectivity index (χ3v) is 5.84. The van der Waals surface area contributed by atoms with Crippen LogP contribution >= 0.6 is 0 Å². The molecule has 0 saturated heterocycles. The van der Waals surface area contributed by atoms with E-state index in [0.717, 1.165) is 17.5 Å². The van der Waals surface area contributed by atoms with Gasteiger partial charge in [0.25, 0.3) is 0 Å². The molecule has 3 aromatic carbocycles. The van der Waals surface area contributed by atoms with E-state index in [9.17, 15) is 4.79 Å². The van der Waals surface area contributed by atoms with Crippen LogP contribution in [0.5, 0.6) is 0 Å². The first-order chi connectivity index (χ1) is 16.3. The van der Waals surface area contributed by atoms with Crippen molar-refractivity contribution >= 4 is 5.97 Å². The molecule has 0 bridgehead atoms. The highest BCUT2D eigenvalue weighted by Crippen LogP contribution is 2.22. The van der Waals surface area contributed by atoms with Crippen molar-refractivity contribution in [1.29, 1.82) is 0 Å². The summed E-state index contributed by atoms with van der Waals surface area (Å²) in [5, 5.41) is 3.50. The predicted molar refractivity (Wildman–Crippen MR) is 138 cm³/mol. The van der Waals surface area contributed by atoms with Gasteiger partial charge in [-0.1, -0.05) is 87.5 Å². The summed E-state index contributed by atoms with van der Waals surface area (Å²) >= 11 is 0. The molecule has 0 saturated carbocycles. The molecule has 4 nitrogen and oxygen atoms in total. The molecular formula is C30H37NO3. The van der Waals surface area contributed by atoms with Crippen molar-refractivity contribution in [2.75, 3.05) is 13.7 Å². The second-order valence-corrected chi connectivity index (χ2v) is 9.91. The highest BCUT2D eigenvalue weighted by Gasteiger charge is 2.13. The van der Waals surface area contributed by atoms with E-state index in [-0.39, 0.29) is 12.1 Å². The first-order valence-corrected chi connectivity index (χ1v) is 12.0. The van der Waals surface area contributed by atoms with Gasteiger partial charge in [-0.05, 0) is 52.6 Å². The summed E-state index contributed by atoms with van der Waals surface area (Å²) in [5.41, 5.74) is 5.71. The average molecular weight is 460 g/mol. The van der Waals surface area contributed by atoms with E-state index in [1.165, 1.54) is 24.7 Å². The Morgan fingerprint density at radius 3 is 2.09 bits per heavy atom. The number of aryl methyl sites for hydroxylation is 1. The van der Waals surface area contributed by atoms with Gasteiger partial charge in [0.1, 0.15) is 0 Å². The van der Waals surface area contributed by atoms with E-state index in [0.29, 0.717) is 30.7 Å². The Bertz CT molecular complexity index is 1010. The zero-order valence-corrected chi connectivity index (χ0v) is 20.8. The lowest BCUT2D eigenvalue weighted by Crippen LogP contribution is -2.23. The maximum Gasteiger partial charge on any atom is 0.337 e. The number of methoxy groups -OCH3 is 1. The van der Waals surface area contributed by atoms with Gasteiger partial charge in [0, 0.05) is 13.1 Å². The monoisotopic (exact) mass is 459 g/mol. The normalized spacial score (nSPS) is 12.4. The SMILES string of the molecule is COC(=O)c1ccc(CNC[C@H](OCc2ccc(CCC(C)(C)C)cc2)c2ccccc2)cc1. The van der Waals surface area contributed by atoms with Crippen molar-refractivity contribution in [3.63, 3.8) is 0 Å². The fraction of sp³-hybridized carbons (Fsp3) is 0.367. The number of carbonyl (C=O) groups excluding carboxylic acids is 1. The summed E-state index contributed by atoms with van der Waals surface area (Å²) in [6.45, 7) is 8.79. The minimum absolute atomic E-state index is 0.0592. The van der Waals surface area contributed by atoms with Crippen LogP contribution in [0.2, 0.25) is 0 Å². The van der Waals surface area contributed by atoms with Crippen LogP contribution in [0.1, 0.15) is 65.9 Å². The smallest absolute Gasteiger partial charge is 0.337 e. The Morgan fingerprint density at radius 2 is 1.47 bits per heavy atom. The quantitative estimate of drug-likeness (QED) is 0.333. The number of esters is 1. The van der Waals surface area contributed by atoms with Crippen LogP contribution in [0, 0.1) is 5.41 Å². The van der Waals surface area contributed by atoms with Crippen molar-refractivity contribution in [2.45, 2.75) is 52.9 Å². The van der Waals surface area contributed by atoms with Crippen LogP contribution in [-0.2, 0) is 29.0 Å². The highest BCUT2D eigenvalue weighted by molar-refractivity contribution is 5.89. The van der Waals surface area contributed by atoms with Crippen molar-refractivity contribution in [1.82, 2.24) is 5.32 Å². The zero-order chi connectivity index (χ0) is 24.4. The molecule has 1 N–H and O–H groups in total. The van der Waals surface area contributed by atoms with Gasteiger partial charge >= 0.3 is 5.97 Å². The number of carbonyl (C=O) groups is 1. The molecule has 3 rings (SSSR count). The number of ether oxygens (including phenoxy) is 2. The molecule has 1 atom stereocenters. The van der Waals surface area contributed by atoms with E-state index in [2.05, 4.69) is 62.5 Å². The van der Waals surface area contributed by atoms with Crippen molar-refractivity contribution in [3.05, 3.63) is 107 Å². The molecule has 0 amide bonds. The fourth-order valence-corrected chi connectivity index (χ4v) is 3.68. The van der Waals surface area contributed by atoms with E-state index < -0.39 is 0 Å². The highest BCUT2D eigenvalue weighted by atomic mass is 16.5. The molecule has 0 fully saturated rings. The molecule has 34 heavy (non-hydrogen) atoms. The van der Waals surface area contributed by atoms with E-state index >= 15 is 0 Å². The lowest BCUT2D eigenvalue weighted by Gasteiger charge is -2.20. The van der Waals surface area contributed by atoms with Crippen molar-refractivity contribution in [2.24, 2.45) is 5.41 Å². The number of hydrogen-bond acceptors (Lipinski definition) is 4. The van der Waals surface area contributed by atoms with Crippen LogP contribution < -0.4 is 5.32 Å². The summed E-state index contributed by atoms with van der Waals surface area (Å²) < 4.78 is 11.1. The Morgan fingerprint density at radius 1 is 0.853 bits per heavy atom. The zero-order valence-electron chi connectivity index (χ0n) is 20.8. The number of benzene rings is 3. The van der Waals surface area contributed by atoms with Gasteiger partial charge in [-0.2, -0.15) is 0 Å². The largest absolute Gasteiger partial charge is 0.465 e. The molecule has 0 aliphatic rings. The minimum Gasteiger partial charge on any atom is -0.465 e. The van der Waals surface area contributed by atoms with Gasteiger partial charge in [-0.15, -0.1) is 0 Å². The number of rotatable bonds is 11. The molecule has 3 aromatic rings. The minimum atomic E-state index is -0.320. The second-order valence-electron chi connectivity index (χ2n) is 9.91. The summed E-state index contributed by atoms with van der Waals surface area (Å²) in [6, 6.07) is 26.6.